The minimum Gasteiger partial charge on any atom is -0.491 e. The third-order valence-corrected chi connectivity index (χ3v) is 5.85. The van der Waals surface area contributed by atoms with Crippen molar-refractivity contribution in [3.05, 3.63) is 45.8 Å². The molecule has 1 aromatic carbocycles. The second-order valence-corrected chi connectivity index (χ2v) is 8.39. The average molecular weight is 387 g/mol. The maximum atomic E-state index is 12.7. The van der Waals surface area contributed by atoms with Gasteiger partial charge in [-0.05, 0) is 68.9 Å². The van der Waals surface area contributed by atoms with Crippen molar-refractivity contribution in [1.82, 2.24) is 5.32 Å². The Kier molecular flexibility index (Phi) is 5.85. The van der Waals surface area contributed by atoms with E-state index in [0.717, 1.165) is 30.6 Å². The number of benzene rings is 1. The highest BCUT2D eigenvalue weighted by atomic mass is 32.1. The number of amides is 2. The van der Waals surface area contributed by atoms with Crippen molar-refractivity contribution in [2.24, 2.45) is 5.92 Å². The molecule has 6 heteroatoms. The molecule has 5 nitrogen and oxygen atoms in total. The molecule has 2 aromatic rings. The molecular formula is C21H26N2O3S. The molecule has 27 heavy (non-hydrogen) atoms. The van der Waals surface area contributed by atoms with Gasteiger partial charge in [-0.1, -0.05) is 6.92 Å². The van der Waals surface area contributed by atoms with Gasteiger partial charge < -0.3 is 15.4 Å². The fourth-order valence-electron chi connectivity index (χ4n) is 3.34. The van der Waals surface area contributed by atoms with E-state index < -0.39 is 0 Å². The van der Waals surface area contributed by atoms with Crippen molar-refractivity contribution in [2.45, 2.75) is 46.1 Å². The number of nitrogens with one attached hydrogen (secondary N) is 2. The van der Waals surface area contributed by atoms with E-state index in [4.69, 9.17) is 4.74 Å². The van der Waals surface area contributed by atoms with Crippen LogP contribution >= 0.6 is 11.3 Å². The Morgan fingerprint density at radius 3 is 2.52 bits per heavy atom. The van der Waals surface area contributed by atoms with Crippen molar-refractivity contribution >= 4 is 28.2 Å². The summed E-state index contributed by atoms with van der Waals surface area (Å²) in [6.45, 7) is 6.14. The van der Waals surface area contributed by atoms with Gasteiger partial charge in [0.05, 0.1) is 11.7 Å². The van der Waals surface area contributed by atoms with Crippen LogP contribution in [-0.4, -0.2) is 25.0 Å². The third kappa shape index (κ3) is 4.33. The van der Waals surface area contributed by atoms with Gasteiger partial charge in [0.2, 0.25) is 0 Å². The first kappa shape index (κ1) is 19.4. The summed E-state index contributed by atoms with van der Waals surface area (Å²) >= 11 is 1.53. The molecule has 2 N–H and O–H groups in total. The van der Waals surface area contributed by atoms with Crippen LogP contribution in [0.3, 0.4) is 0 Å². The Balaban J connectivity index is 1.84. The molecule has 0 fully saturated rings. The molecule has 1 heterocycles. The average Bonchev–Trinajstić information content (AvgIpc) is 2.97. The molecule has 0 spiro atoms. The topological polar surface area (TPSA) is 67.4 Å². The summed E-state index contributed by atoms with van der Waals surface area (Å²) in [6.07, 6.45) is 2.99. The summed E-state index contributed by atoms with van der Waals surface area (Å²) in [6, 6.07) is 7.05. The summed E-state index contributed by atoms with van der Waals surface area (Å²) in [4.78, 5) is 26.4. The first-order valence-corrected chi connectivity index (χ1v) is 10.1. The Labute approximate surface area is 164 Å². The van der Waals surface area contributed by atoms with E-state index in [1.165, 1.54) is 16.2 Å². The molecule has 0 bridgehead atoms. The molecule has 1 aliphatic rings. The molecule has 1 aliphatic carbocycles. The Hall–Kier alpha value is -2.34. The van der Waals surface area contributed by atoms with Gasteiger partial charge in [0.25, 0.3) is 11.8 Å². The molecule has 1 aromatic heterocycles. The second kappa shape index (κ2) is 8.13. The second-order valence-electron chi connectivity index (χ2n) is 7.28. The third-order valence-electron chi connectivity index (χ3n) is 4.68. The van der Waals surface area contributed by atoms with Gasteiger partial charge in [0.1, 0.15) is 10.8 Å². The van der Waals surface area contributed by atoms with Gasteiger partial charge >= 0.3 is 0 Å². The van der Waals surface area contributed by atoms with Crippen LogP contribution in [0.1, 0.15) is 58.3 Å². The van der Waals surface area contributed by atoms with E-state index in [1.54, 1.807) is 31.3 Å². The molecule has 0 saturated heterocycles. The summed E-state index contributed by atoms with van der Waals surface area (Å²) in [7, 11) is 1.62. The largest absolute Gasteiger partial charge is 0.491 e. The summed E-state index contributed by atoms with van der Waals surface area (Å²) in [5.41, 5.74) is 2.25. The SMILES string of the molecule is CNC(=O)c1c(NC(=O)c2ccc(OC(C)C)cc2)sc2c1CC[C@H](C)C2. The zero-order valence-electron chi connectivity index (χ0n) is 16.2. The van der Waals surface area contributed by atoms with Crippen molar-refractivity contribution in [3.8, 4) is 5.75 Å². The predicted molar refractivity (Wildman–Crippen MR) is 109 cm³/mol. The molecular weight excluding hydrogens is 360 g/mol. The zero-order valence-corrected chi connectivity index (χ0v) is 17.0. The van der Waals surface area contributed by atoms with Crippen molar-refractivity contribution in [2.75, 3.05) is 12.4 Å². The van der Waals surface area contributed by atoms with Gasteiger partial charge in [-0.25, -0.2) is 0 Å². The fraction of sp³-hybridized carbons (Fsp3) is 0.429. The van der Waals surface area contributed by atoms with Crippen molar-refractivity contribution in [1.29, 1.82) is 0 Å². The van der Waals surface area contributed by atoms with Crippen LogP contribution in [0, 0.1) is 5.92 Å². The molecule has 2 amide bonds. The number of hydrogen-bond donors (Lipinski definition) is 2. The van der Waals surface area contributed by atoms with Crippen LogP contribution in [0.5, 0.6) is 5.75 Å². The number of hydrogen-bond acceptors (Lipinski definition) is 4. The summed E-state index contributed by atoms with van der Waals surface area (Å²) in [5, 5.41) is 6.30. The van der Waals surface area contributed by atoms with Gasteiger partial charge in [-0.15, -0.1) is 11.3 Å². The lowest BCUT2D eigenvalue weighted by Gasteiger charge is -2.18. The number of rotatable bonds is 5. The van der Waals surface area contributed by atoms with Crippen LogP contribution in [-0.2, 0) is 12.8 Å². The number of ether oxygens (including phenoxy) is 1. The van der Waals surface area contributed by atoms with E-state index in [-0.39, 0.29) is 17.9 Å². The van der Waals surface area contributed by atoms with Gasteiger partial charge in [0.15, 0.2) is 0 Å². The highest BCUT2D eigenvalue weighted by Gasteiger charge is 2.28. The summed E-state index contributed by atoms with van der Waals surface area (Å²) < 4.78 is 5.61. The molecule has 0 radical (unpaired) electrons. The van der Waals surface area contributed by atoms with E-state index >= 15 is 0 Å². The van der Waals surface area contributed by atoms with Crippen LogP contribution < -0.4 is 15.4 Å². The smallest absolute Gasteiger partial charge is 0.256 e. The molecule has 1 atom stereocenters. The molecule has 144 valence electrons. The van der Waals surface area contributed by atoms with Crippen LogP contribution in [0.15, 0.2) is 24.3 Å². The maximum Gasteiger partial charge on any atom is 0.256 e. The Bertz CT molecular complexity index is 840. The highest BCUT2D eigenvalue weighted by molar-refractivity contribution is 7.17. The van der Waals surface area contributed by atoms with Gasteiger partial charge in [0, 0.05) is 17.5 Å². The lowest BCUT2D eigenvalue weighted by molar-refractivity contribution is 0.0963. The number of carbonyl (C=O) groups excluding carboxylic acids is 2. The zero-order chi connectivity index (χ0) is 19.6. The first-order valence-electron chi connectivity index (χ1n) is 9.33. The molecule has 0 unspecified atom stereocenters. The normalized spacial score (nSPS) is 16.0. The van der Waals surface area contributed by atoms with E-state index in [0.29, 0.717) is 22.0 Å². The fourth-order valence-corrected chi connectivity index (χ4v) is 4.74. The number of anilines is 1. The van der Waals surface area contributed by atoms with E-state index in [2.05, 4.69) is 17.6 Å². The van der Waals surface area contributed by atoms with Gasteiger partial charge in [-0.3, -0.25) is 9.59 Å². The van der Waals surface area contributed by atoms with Crippen LogP contribution in [0.4, 0.5) is 5.00 Å². The lowest BCUT2D eigenvalue weighted by atomic mass is 9.88. The highest BCUT2D eigenvalue weighted by Crippen LogP contribution is 2.39. The van der Waals surface area contributed by atoms with Crippen molar-refractivity contribution in [3.63, 3.8) is 0 Å². The number of carbonyl (C=O) groups is 2. The lowest BCUT2D eigenvalue weighted by Crippen LogP contribution is -2.22. The van der Waals surface area contributed by atoms with Gasteiger partial charge in [-0.2, -0.15) is 0 Å². The van der Waals surface area contributed by atoms with Crippen LogP contribution in [0.25, 0.3) is 0 Å². The number of fused-ring (bicyclic) bond motifs is 1. The Morgan fingerprint density at radius 2 is 1.89 bits per heavy atom. The maximum absolute atomic E-state index is 12.7. The molecule has 0 aliphatic heterocycles. The summed E-state index contributed by atoms with van der Waals surface area (Å²) in [5.74, 6) is 0.972. The van der Waals surface area contributed by atoms with Crippen LogP contribution in [0.2, 0.25) is 0 Å². The van der Waals surface area contributed by atoms with E-state index in [1.807, 2.05) is 13.8 Å². The minimum absolute atomic E-state index is 0.0830. The molecule has 0 saturated carbocycles. The monoisotopic (exact) mass is 386 g/mol. The quantitative estimate of drug-likeness (QED) is 0.806. The van der Waals surface area contributed by atoms with E-state index in [9.17, 15) is 9.59 Å². The Morgan fingerprint density at radius 1 is 1.19 bits per heavy atom. The molecule has 3 rings (SSSR count). The predicted octanol–water partition coefficient (Wildman–Crippen LogP) is 4.27. The minimum atomic E-state index is -0.220. The first-order chi connectivity index (χ1) is 12.9. The standard InChI is InChI=1S/C21H26N2O3S/c1-12(2)26-15-8-6-14(7-9-15)19(24)23-21-18(20(25)22-4)16-10-5-13(3)11-17(16)27-21/h6-9,12-13H,5,10-11H2,1-4H3,(H,22,25)(H,23,24)/t13-/m0/s1. The number of thiophene rings is 1. The van der Waals surface area contributed by atoms with Crippen molar-refractivity contribution < 1.29 is 14.3 Å².